The highest BCUT2D eigenvalue weighted by Crippen LogP contribution is 2.40. The molecule has 4 rings (SSSR count). The molecule has 1 saturated heterocycles. The van der Waals surface area contributed by atoms with Crippen molar-refractivity contribution in [2.75, 3.05) is 39.4 Å². The van der Waals surface area contributed by atoms with Crippen molar-refractivity contribution in [1.82, 2.24) is 20.1 Å². The molecule has 1 aromatic carbocycles. The number of piperazine rings is 1. The van der Waals surface area contributed by atoms with E-state index in [0.29, 0.717) is 29.5 Å². The van der Waals surface area contributed by atoms with Crippen molar-refractivity contribution >= 4 is 40.7 Å². The van der Waals surface area contributed by atoms with E-state index >= 15 is 0 Å². The molecule has 1 aliphatic carbocycles. The van der Waals surface area contributed by atoms with Gasteiger partial charge in [-0.3, -0.25) is 14.4 Å². The van der Waals surface area contributed by atoms with E-state index < -0.39 is 47.1 Å². The molecule has 2 fully saturated rings. The van der Waals surface area contributed by atoms with E-state index in [1.807, 2.05) is 25.1 Å². The third-order valence-electron chi connectivity index (χ3n) is 8.05. The minimum Gasteiger partial charge on any atom is -0.475 e. The molecule has 1 aromatic heterocycles. The van der Waals surface area contributed by atoms with Crippen LogP contribution >= 0.6 is 0 Å². The first-order valence-electron chi connectivity index (χ1n) is 16.3. The Morgan fingerprint density at radius 3 is 2.21 bits per heavy atom. The van der Waals surface area contributed by atoms with Crippen LogP contribution in [0.15, 0.2) is 24.3 Å². The molecule has 47 heavy (non-hydrogen) atoms. The van der Waals surface area contributed by atoms with Gasteiger partial charge in [0.1, 0.15) is 23.1 Å². The molecule has 0 spiro atoms. The predicted molar refractivity (Wildman–Crippen MR) is 172 cm³/mol. The Balaban J connectivity index is 1.59. The second-order valence-electron chi connectivity index (χ2n) is 12.9. The Morgan fingerprint density at radius 1 is 0.957 bits per heavy atom. The number of carbonyl (C=O) groups excluding carboxylic acids is 5. The zero-order chi connectivity index (χ0) is 34.4. The topological polar surface area (TPSA) is 154 Å². The highest BCUT2D eigenvalue weighted by atomic mass is 16.6. The van der Waals surface area contributed by atoms with E-state index in [1.54, 1.807) is 39.5 Å². The number of ether oxygens (including phenoxy) is 4. The van der Waals surface area contributed by atoms with Gasteiger partial charge in [0, 0.05) is 44.1 Å². The maximum atomic E-state index is 13.8. The molecule has 1 unspecified atom stereocenters. The van der Waals surface area contributed by atoms with Gasteiger partial charge in [-0.2, -0.15) is 0 Å². The number of carbonyl (C=O) groups is 5. The van der Waals surface area contributed by atoms with Crippen LogP contribution in [-0.4, -0.2) is 101 Å². The van der Waals surface area contributed by atoms with Crippen molar-refractivity contribution in [1.29, 1.82) is 0 Å². The summed E-state index contributed by atoms with van der Waals surface area (Å²) in [5.74, 6) is -1.69. The zero-order valence-electron chi connectivity index (χ0n) is 28.2. The van der Waals surface area contributed by atoms with Gasteiger partial charge in [-0.05, 0) is 84.9 Å². The fourth-order valence-corrected chi connectivity index (χ4v) is 5.51. The van der Waals surface area contributed by atoms with Crippen molar-refractivity contribution < 1.29 is 42.9 Å². The van der Waals surface area contributed by atoms with Crippen molar-refractivity contribution in [3.63, 3.8) is 0 Å². The van der Waals surface area contributed by atoms with Gasteiger partial charge in [0.25, 0.3) is 5.91 Å². The molecule has 1 atom stereocenters. The fraction of sp³-hybridized carbons (Fsp3) is 0.588. The number of pyridine rings is 1. The Bertz CT molecular complexity index is 1490. The van der Waals surface area contributed by atoms with Crippen LogP contribution in [0.25, 0.3) is 10.9 Å². The monoisotopic (exact) mass is 654 g/mol. The van der Waals surface area contributed by atoms with Crippen molar-refractivity contribution in [2.45, 2.75) is 90.9 Å². The Hall–Kier alpha value is -4.42. The molecule has 256 valence electrons. The number of amides is 3. The van der Waals surface area contributed by atoms with Crippen LogP contribution in [0, 0.1) is 6.92 Å². The average Bonchev–Trinajstić information content (AvgIpc) is 2.99. The Morgan fingerprint density at radius 2 is 1.62 bits per heavy atom. The van der Waals surface area contributed by atoms with Gasteiger partial charge >= 0.3 is 18.0 Å². The fourth-order valence-electron chi connectivity index (χ4n) is 5.51. The lowest BCUT2D eigenvalue weighted by Gasteiger charge is -2.39. The van der Waals surface area contributed by atoms with Crippen LogP contribution in [0.2, 0.25) is 0 Å². The molecule has 13 nitrogen and oxygen atoms in total. The van der Waals surface area contributed by atoms with Gasteiger partial charge in [-0.15, -0.1) is 0 Å². The lowest BCUT2D eigenvalue weighted by atomic mass is 9.80. The van der Waals surface area contributed by atoms with Gasteiger partial charge in [-0.25, -0.2) is 14.6 Å². The molecule has 2 aromatic rings. The van der Waals surface area contributed by atoms with Crippen molar-refractivity contribution in [2.24, 2.45) is 0 Å². The van der Waals surface area contributed by atoms with E-state index in [4.69, 9.17) is 18.9 Å². The third-order valence-corrected chi connectivity index (χ3v) is 8.05. The standard InChI is InChI=1S/C34H46N4O9/c1-7-44-31(42)34(14-9-15-34)46-27-21-26(35-25-20-22(3)10-11-23(25)27)29(40)36-24(12-13-28(39)47-33(4,5)6)30(41)37-16-18-38(19-17-37)32(43)45-8-2/h10-11,20-21,24H,7-9,12-19H2,1-6H3,(H,36,40). The lowest BCUT2D eigenvalue weighted by Crippen LogP contribution is -2.56. The first-order valence-corrected chi connectivity index (χ1v) is 16.3. The van der Waals surface area contributed by atoms with Crippen molar-refractivity contribution in [3.05, 3.63) is 35.5 Å². The normalized spacial score (nSPS) is 16.5. The average molecular weight is 655 g/mol. The first kappa shape index (κ1) is 35.4. The predicted octanol–water partition coefficient (Wildman–Crippen LogP) is 3.93. The maximum Gasteiger partial charge on any atom is 0.409 e. The van der Waals surface area contributed by atoms with Gasteiger partial charge in [-0.1, -0.05) is 6.07 Å². The second kappa shape index (κ2) is 15.0. The maximum absolute atomic E-state index is 13.8. The smallest absolute Gasteiger partial charge is 0.409 e. The molecule has 2 aliphatic rings. The molecule has 3 amide bonds. The summed E-state index contributed by atoms with van der Waals surface area (Å²) in [6.45, 7) is 12.1. The Labute approximate surface area is 275 Å². The number of aryl methyl sites for hydroxylation is 1. The molecule has 0 radical (unpaired) electrons. The number of fused-ring (bicyclic) bond motifs is 1. The van der Waals surface area contributed by atoms with Crippen LogP contribution in [-0.2, 0) is 28.6 Å². The number of benzene rings is 1. The number of aromatic nitrogens is 1. The zero-order valence-corrected chi connectivity index (χ0v) is 28.2. The SMILES string of the molecule is CCOC(=O)N1CCN(C(=O)C(CCC(=O)OC(C)(C)C)NC(=O)c2cc(OC3(C(=O)OCC)CCC3)c3ccc(C)cc3n2)CC1. The first-order chi connectivity index (χ1) is 22.2. The van der Waals surface area contributed by atoms with Gasteiger partial charge in [0.2, 0.25) is 11.5 Å². The third kappa shape index (κ3) is 8.89. The summed E-state index contributed by atoms with van der Waals surface area (Å²) < 4.78 is 22.2. The number of esters is 2. The van der Waals surface area contributed by atoms with E-state index in [2.05, 4.69) is 10.3 Å². The van der Waals surface area contributed by atoms with Crippen LogP contribution in [0.1, 0.15) is 82.8 Å². The van der Waals surface area contributed by atoms with E-state index in [-0.39, 0.29) is 57.9 Å². The minimum absolute atomic E-state index is 0.0143. The molecular formula is C34H46N4O9. The van der Waals surface area contributed by atoms with Crippen molar-refractivity contribution in [3.8, 4) is 5.75 Å². The minimum atomic E-state index is -1.15. The molecular weight excluding hydrogens is 608 g/mol. The highest BCUT2D eigenvalue weighted by Gasteiger charge is 2.48. The molecule has 1 aliphatic heterocycles. The van der Waals surface area contributed by atoms with E-state index in [9.17, 15) is 24.0 Å². The van der Waals surface area contributed by atoms with Crippen LogP contribution in [0.3, 0.4) is 0 Å². The highest BCUT2D eigenvalue weighted by molar-refractivity contribution is 5.99. The molecule has 0 bridgehead atoms. The Kier molecular flexibility index (Phi) is 11.3. The number of hydrogen-bond acceptors (Lipinski definition) is 10. The largest absolute Gasteiger partial charge is 0.475 e. The summed E-state index contributed by atoms with van der Waals surface area (Å²) >= 11 is 0. The quantitative estimate of drug-likeness (QED) is 0.279. The number of rotatable bonds is 11. The summed E-state index contributed by atoms with van der Waals surface area (Å²) in [6.07, 6.45) is 1.18. The molecule has 1 saturated carbocycles. The summed E-state index contributed by atoms with van der Waals surface area (Å²) in [5, 5.41) is 3.42. The van der Waals surface area contributed by atoms with Gasteiger partial charge in [0.05, 0.1) is 18.7 Å². The summed E-state index contributed by atoms with van der Waals surface area (Å²) in [4.78, 5) is 72.9. The molecule has 1 N–H and O–H groups in total. The van der Waals surface area contributed by atoms with Crippen LogP contribution in [0.5, 0.6) is 5.75 Å². The van der Waals surface area contributed by atoms with E-state index in [1.165, 1.54) is 11.0 Å². The number of nitrogens with zero attached hydrogens (tertiary/aromatic N) is 3. The summed E-state index contributed by atoms with van der Waals surface area (Å²) in [7, 11) is 0. The van der Waals surface area contributed by atoms with Gasteiger partial charge in [0.15, 0.2) is 0 Å². The van der Waals surface area contributed by atoms with Crippen LogP contribution < -0.4 is 10.1 Å². The summed E-state index contributed by atoms with van der Waals surface area (Å²) in [6, 6.07) is 5.92. The van der Waals surface area contributed by atoms with Gasteiger partial charge < -0.3 is 34.1 Å². The van der Waals surface area contributed by atoms with Crippen LogP contribution in [0.4, 0.5) is 4.79 Å². The summed E-state index contributed by atoms with van der Waals surface area (Å²) in [5.41, 5.74) is -0.490. The lowest BCUT2D eigenvalue weighted by molar-refractivity contribution is -0.169. The molecule has 13 heteroatoms. The number of hydrogen-bond donors (Lipinski definition) is 1. The van der Waals surface area contributed by atoms with E-state index in [0.717, 1.165) is 12.0 Å². The molecule has 2 heterocycles. The second-order valence-corrected chi connectivity index (χ2v) is 12.9. The number of nitrogens with one attached hydrogen (secondary N) is 1.